The number of hydrogen-bond donors (Lipinski definition) is 0. The molecular weight excluding hydrogens is 295 g/mol. The molecule has 0 aliphatic carbocycles. The van der Waals surface area contributed by atoms with Gasteiger partial charge in [0.1, 0.15) is 0 Å². The normalized spacial score (nSPS) is 30.8. The van der Waals surface area contributed by atoms with Crippen molar-refractivity contribution in [3.8, 4) is 0 Å². The summed E-state index contributed by atoms with van der Waals surface area (Å²) >= 11 is 0. The van der Waals surface area contributed by atoms with Crippen LogP contribution in [-0.2, 0) is 9.47 Å². The third-order valence-corrected chi connectivity index (χ3v) is 4.93. The van der Waals surface area contributed by atoms with E-state index in [4.69, 9.17) is 9.47 Å². The molecule has 2 heterocycles. The molecule has 2 fully saturated rings. The number of alkyl halides is 3. The molecular formula is C16H28F3NO2. The van der Waals surface area contributed by atoms with Gasteiger partial charge in [0.15, 0.2) is 5.60 Å². The number of piperidine rings is 1. The third kappa shape index (κ3) is 3.77. The fourth-order valence-corrected chi connectivity index (χ4v) is 3.47. The zero-order chi connectivity index (χ0) is 16.6. The van der Waals surface area contributed by atoms with Gasteiger partial charge in [-0.3, -0.25) is 4.90 Å². The number of nitrogens with zero attached hydrogens (tertiary/aromatic N) is 1. The summed E-state index contributed by atoms with van der Waals surface area (Å²) in [5, 5.41) is 0. The summed E-state index contributed by atoms with van der Waals surface area (Å²) in [6.45, 7) is 8.41. The zero-order valence-electron chi connectivity index (χ0n) is 14.0. The SMILES string of the molecule is CC(C)OC[C@@]12CCCN1C[C@H](OC(C)(C)C(F)(F)F)CC2. The van der Waals surface area contributed by atoms with E-state index in [-0.39, 0.29) is 17.7 Å². The minimum Gasteiger partial charge on any atom is -0.377 e. The Bertz CT molecular complexity index is 384. The number of ether oxygens (including phenoxy) is 2. The van der Waals surface area contributed by atoms with E-state index in [1.54, 1.807) is 0 Å². The van der Waals surface area contributed by atoms with Crippen molar-refractivity contribution in [1.29, 1.82) is 0 Å². The van der Waals surface area contributed by atoms with E-state index in [1.807, 2.05) is 13.8 Å². The minimum absolute atomic E-state index is 0.00645. The molecule has 6 heteroatoms. The lowest BCUT2D eigenvalue weighted by molar-refractivity contribution is -0.282. The fraction of sp³-hybridized carbons (Fsp3) is 1.00. The van der Waals surface area contributed by atoms with E-state index in [2.05, 4.69) is 4.90 Å². The molecule has 0 aromatic rings. The first-order valence-corrected chi connectivity index (χ1v) is 8.17. The van der Waals surface area contributed by atoms with Crippen LogP contribution in [0.5, 0.6) is 0 Å². The van der Waals surface area contributed by atoms with Crippen molar-refractivity contribution < 1.29 is 22.6 Å². The Balaban J connectivity index is 1.97. The van der Waals surface area contributed by atoms with Crippen LogP contribution in [0.1, 0.15) is 53.4 Å². The maximum atomic E-state index is 13.0. The molecule has 2 rings (SSSR count). The molecule has 3 nitrogen and oxygen atoms in total. The smallest absolute Gasteiger partial charge is 0.377 e. The predicted octanol–water partition coefficient (Wildman–Crippen LogP) is 3.77. The summed E-state index contributed by atoms with van der Waals surface area (Å²) in [6, 6.07) is 0. The first-order valence-electron chi connectivity index (χ1n) is 8.17. The summed E-state index contributed by atoms with van der Waals surface area (Å²) in [6.07, 6.45) is -0.869. The average molecular weight is 323 g/mol. The summed E-state index contributed by atoms with van der Waals surface area (Å²) in [4.78, 5) is 2.29. The number of hydrogen-bond acceptors (Lipinski definition) is 3. The molecule has 2 aliphatic rings. The van der Waals surface area contributed by atoms with Crippen LogP contribution in [0, 0.1) is 0 Å². The van der Waals surface area contributed by atoms with Crippen molar-refractivity contribution in [2.24, 2.45) is 0 Å². The van der Waals surface area contributed by atoms with Crippen molar-refractivity contribution in [1.82, 2.24) is 4.90 Å². The second-order valence-electron chi connectivity index (χ2n) is 7.42. The summed E-state index contributed by atoms with van der Waals surface area (Å²) in [5.41, 5.74) is -2.08. The van der Waals surface area contributed by atoms with Gasteiger partial charge in [-0.15, -0.1) is 0 Å². The monoisotopic (exact) mass is 323 g/mol. The molecule has 0 aromatic heterocycles. The standard InChI is InChI=1S/C16H28F3NO2/c1-12(2)21-11-15-7-5-9-20(15)10-13(6-8-15)22-14(3,4)16(17,18)19/h12-13H,5-11H2,1-4H3/t13-,15+/m1/s1. The molecule has 0 saturated carbocycles. The Morgan fingerprint density at radius 1 is 1.23 bits per heavy atom. The quantitative estimate of drug-likeness (QED) is 0.769. The van der Waals surface area contributed by atoms with E-state index in [0.717, 1.165) is 39.7 Å². The van der Waals surface area contributed by atoms with Crippen LogP contribution in [0.2, 0.25) is 0 Å². The zero-order valence-corrected chi connectivity index (χ0v) is 14.0. The highest BCUT2D eigenvalue weighted by Crippen LogP contribution is 2.41. The van der Waals surface area contributed by atoms with Gasteiger partial charge in [0, 0.05) is 12.1 Å². The molecule has 0 spiro atoms. The summed E-state index contributed by atoms with van der Waals surface area (Å²) in [5.74, 6) is 0. The van der Waals surface area contributed by atoms with Gasteiger partial charge in [0.2, 0.25) is 0 Å². The fourth-order valence-electron chi connectivity index (χ4n) is 3.47. The number of halogens is 3. The molecule has 2 atom stereocenters. The Labute approximate surface area is 131 Å². The lowest BCUT2D eigenvalue weighted by Crippen LogP contribution is -2.57. The molecule has 0 N–H and O–H groups in total. The van der Waals surface area contributed by atoms with E-state index in [9.17, 15) is 13.2 Å². The van der Waals surface area contributed by atoms with E-state index >= 15 is 0 Å². The summed E-state index contributed by atoms with van der Waals surface area (Å²) in [7, 11) is 0. The van der Waals surface area contributed by atoms with Crippen molar-refractivity contribution in [3.05, 3.63) is 0 Å². The largest absolute Gasteiger partial charge is 0.416 e. The highest BCUT2D eigenvalue weighted by atomic mass is 19.4. The third-order valence-electron chi connectivity index (χ3n) is 4.93. The topological polar surface area (TPSA) is 21.7 Å². The molecule has 2 aliphatic heterocycles. The highest BCUT2D eigenvalue weighted by Gasteiger charge is 2.52. The van der Waals surface area contributed by atoms with Gasteiger partial charge in [0.25, 0.3) is 0 Å². The first-order chi connectivity index (χ1) is 10.1. The van der Waals surface area contributed by atoms with Gasteiger partial charge in [0.05, 0.1) is 18.8 Å². The van der Waals surface area contributed by atoms with E-state index in [0.29, 0.717) is 19.6 Å². The van der Waals surface area contributed by atoms with E-state index in [1.165, 1.54) is 0 Å². The molecule has 0 radical (unpaired) electrons. The average Bonchev–Trinajstić information content (AvgIpc) is 2.78. The van der Waals surface area contributed by atoms with Crippen LogP contribution in [0.15, 0.2) is 0 Å². The molecule has 0 aromatic carbocycles. The number of fused-ring (bicyclic) bond motifs is 1. The predicted molar refractivity (Wildman–Crippen MR) is 78.9 cm³/mol. The Kier molecular flexibility index (Phi) is 5.15. The lowest BCUT2D eigenvalue weighted by atomic mass is 9.86. The van der Waals surface area contributed by atoms with Crippen LogP contribution in [0.3, 0.4) is 0 Å². The molecule has 22 heavy (non-hydrogen) atoms. The second-order valence-corrected chi connectivity index (χ2v) is 7.42. The maximum absolute atomic E-state index is 13.0. The lowest BCUT2D eigenvalue weighted by Gasteiger charge is -2.46. The molecule has 0 bridgehead atoms. The molecule has 0 unspecified atom stereocenters. The first kappa shape index (κ1) is 18.0. The Hall–Kier alpha value is -0.330. The van der Waals surface area contributed by atoms with E-state index < -0.39 is 11.8 Å². The van der Waals surface area contributed by atoms with Crippen molar-refractivity contribution in [2.75, 3.05) is 19.7 Å². The van der Waals surface area contributed by atoms with Crippen molar-refractivity contribution >= 4 is 0 Å². The van der Waals surface area contributed by atoms with Gasteiger partial charge in [-0.25, -0.2) is 0 Å². The van der Waals surface area contributed by atoms with Gasteiger partial charge in [-0.2, -0.15) is 13.2 Å². The van der Waals surface area contributed by atoms with Crippen molar-refractivity contribution in [2.45, 2.75) is 82.9 Å². The van der Waals surface area contributed by atoms with Crippen molar-refractivity contribution in [3.63, 3.8) is 0 Å². The van der Waals surface area contributed by atoms with Crippen LogP contribution in [-0.4, -0.2) is 54.1 Å². The summed E-state index contributed by atoms with van der Waals surface area (Å²) < 4.78 is 50.2. The van der Waals surface area contributed by atoms with Crippen LogP contribution < -0.4 is 0 Å². The Morgan fingerprint density at radius 2 is 1.91 bits per heavy atom. The Morgan fingerprint density at radius 3 is 2.50 bits per heavy atom. The van der Waals surface area contributed by atoms with Gasteiger partial charge in [-0.05, 0) is 59.9 Å². The van der Waals surface area contributed by atoms with Crippen LogP contribution in [0.25, 0.3) is 0 Å². The van der Waals surface area contributed by atoms with Gasteiger partial charge in [-0.1, -0.05) is 0 Å². The minimum atomic E-state index is -4.34. The molecule has 2 saturated heterocycles. The maximum Gasteiger partial charge on any atom is 0.416 e. The van der Waals surface area contributed by atoms with Crippen LogP contribution >= 0.6 is 0 Å². The highest BCUT2D eigenvalue weighted by molar-refractivity contribution is 5.01. The number of rotatable bonds is 5. The van der Waals surface area contributed by atoms with Gasteiger partial charge >= 0.3 is 6.18 Å². The molecule has 130 valence electrons. The van der Waals surface area contributed by atoms with Crippen LogP contribution in [0.4, 0.5) is 13.2 Å². The second kappa shape index (κ2) is 6.29. The van der Waals surface area contributed by atoms with Gasteiger partial charge < -0.3 is 9.47 Å². The molecule has 0 amide bonds.